The fourth-order valence-electron chi connectivity index (χ4n) is 6.03. The number of carbonyl (C=O) groups is 3. The number of piperidine rings is 1. The molecule has 2 amide bonds. The summed E-state index contributed by atoms with van der Waals surface area (Å²) in [6.07, 6.45) is 4.30. The maximum absolute atomic E-state index is 14.0. The standard InChI is InChI=1S/C32H32Cl2N2O4/c1-2-40-31(39)32-15-6-5-12-28(32)36(20-23-13-14-25(33)17-27(23)34)30(38)24(18-32)16-29(37)35-19-22-10-7-9-21-8-3-4-11-26(21)22/h3-4,7-14,17,24H,2,5-6,15-16,18-20H2,1H3,(H,35,37)/t24-,32+/m1/s1. The lowest BCUT2D eigenvalue weighted by atomic mass is 9.66. The van der Waals surface area contributed by atoms with Gasteiger partial charge in [-0.05, 0) is 66.6 Å². The first-order valence-electron chi connectivity index (χ1n) is 13.7. The van der Waals surface area contributed by atoms with Crippen molar-refractivity contribution in [1.82, 2.24) is 10.2 Å². The highest BCUT2D eigenvalue weighted by Crippen LogP contribution is 2.50. The van der Waals surface area contributed by atoms with E-state index in [1.165, 1.54) is 0 Å². The third kappa shape index (κ3) is 5.61. The van der Waals surface area contributed by atoms with Crippen LogP contribution in [0.2, 0.25) is 10.0 Å². The average molecular weight is 580 g/mol. The van der Waals surface area contributed by atoms with Crippen molar-refractivity contribution in [3.8, 4) is 0 Å². The molecule has 1 N–H and O–H groups in total. The number of ether oxygens (including phenoxy) is 1. The summed E-state index contributed by atoms with van der Waals surface area (Å²) >= 11 is 12.6. The van der Waals surface area contributed by atoms with E-state index < -0.39 is 11.3 Å². The van der Waals surface area contributed by atoms with Crippen molar-refractivity contribution in [3.63, 3.8) is 0 Å². The second-order valence-electron chi connectivity index (χ2n) is 10.5. The van der Waals surface area contributed by atoms with E-state index in [1.807, 2.05) is 48.5 Å². The van der Waals surface area contributed by atoms with Gasteiger partial charge in [0.2, 0.25) is 11.8 Å². The molecule has 5 rings (SSSR count). The Kier molecular flexibility index (Phi) is 8.48. The minimum absolute atomic E-state index is 0.0249. The second-order valence-corrected chi connectivity index (χ2v) is 11.3. The molecule has 6 nitrogen and oxygen atoms in total. The number of fused-ring (bicyclic) bond motifs is 2. The lowest BCUT2D eigenvalue weighted by Crippen LogP contribution is -2.54. The number of nitrogens with one attached hydrogen (secondary N) is 1. The van der Waals surface area contributed by atoms with Gasteiger partial charge >= 0.3 is 5.97 Å². The molecular formula is C32H32Cl2N2O4. The number of esters is 1. The molecule has 0 saturated carbocycles. The fraction of sp³-hybridized carbons (Fsp3) is 0.344. The van der Waals surface area contributed by atoms with E-state index in [0.717, 1.165) is 29.2 Å². The van der Waals surface area contributed by atoms with Gasteiger partial charge in [-0.3, -0.25) is 14.4 Å². The highest BCUT2D eigenvalue weighted by molar-refractivity contribution is 6.35. The molecule has 0 bridgehead atoms. The normalized spacial score (nSPS) is 20.6. The zero-order valence-electron chi connectivity index (χ0n) is 22.4. The molecular weight excluding hydrogens is 547 g/mol. The van der Waals surface area contributed by atoms with Crippen molar-refractivity contribution in [2.75, 3.05) is 6.61 Å². The number of rotatable bonds is 8. The van der Waals surface area contributed by atoms with Crippen LogP contribution >= 0.6 is 23.2 Å². The molecule has 0 spiro atoms. The monoisotopic (exact) mass is 578 g/mol. The summed E-state index contributed by atoms with van der Waals surface area (Å²) in [6.45, 7) is 2.54. The number of nitrogens with zero attached hydrogens (tertiary/aromatic N) is 1. The summed E-state index contributed by atoms with van der Waals surface area (Å²) in [5, 5.41) is 6.11. The third-order valence-electron chi connectivity index (χ3n) is 7.93. The molecule has 1 saturated heterocycles. The number of likely N-dealkylation sites (tertiary alicyclic amines) is 1. The molecule has 1 fully saturated rings. The van der Waals surface area contributed by atoms with Gasteiger partial charge in [-0.2, -0.15) is 0 Å². The highest BCUT2D eigenvalue weighted by atomic mass is 35.5. The van der Waals surface area contributed by atoms with Crippen molar-refractivity contribution in [1.29, 1.82) is 0 Å². The van der Waals surface area contributed by atoms with Crippen LogP contribution in [-0.4, -0.2) is 29.3 Å². The summed E-state index contributed by atoms with van der Waals surface area (Å²) in [5.41, 5.74) is 1.38. The van der Waals surface area contributed by atoms with Gasteiger partial charge < -0.3 is 15.0 Å². The lowest BCUT2D eigenvalue weighted by molar-refractivity contribution is -0.162. The molecule has 40 heavy (non-hydrogen) atoms. The first kappa shape index (κ1) is 28.2. The number of amides is 2. The summed E-state index contributed by atoms with van der Waals surface area (Å²) in [5.74, 6) is -1.46. The Labute approximate surface area is 244 Å². The van der Waals surface area contributed by atoms with Crippen molar-refractivity contribution >= 4 is 51.8 Å². The molecule has 3 aromatic rings. The SMILES string of the molecule is CCOC(=O)[C@]12CCCC=C1N(Cc1ccc(Cl)cc1Cl)C(=O)[C@H](CC(=O)NCc1cccc3ccccc13)C2. The number of carbonyl (C=O) groups excluding carboxylic acids is 3. The Morgan fingerprint density at radius 3 is 2.67 bits per heavy atom. The largest absolute Gasteiger partial charge is 0.465 e. The van der Waals surface area contributed by atoms with E-state index in [9.17, 15) is 14.4 Å². The number of halogens is 2. The number of allylic oxidation sites excluding steroid dienone is 1. The highest BCUT2D eigenvalue weighted by Gasteiger charge is 2.54. The predicted octanol–water partition coefficient (Wildman–Crippen LogP) is 6.82. The maximum atomic E-state index is 14.0. The lowest BCUT2D eigenvalue weighted by Gasteiger charge is -2.48. The fourth-order valence-corrected chi connectivity index (χ4v) is 6.49. The molecule has 8 heteroatoms. The van der Waals surface area contributed by atoms with Crippen LogP contribution in [0.4, 0.5) is 0 Å². The average Bonchev–Trinajstić information content (AvgIpc) is 2.95. The van der Waals surface area contributed by atoms with Crippen LogP contribution in [0.1, 0.15) is 50.2 Å². The molecule has 1 aliphatic heterocycles. The molecule has 0 radical (unpaired) electrons. The van der Waals surface area contributed by atoms with Crippen LogP contribution in [0.5, 0.6) is 0 Å². The van der Waals surface area contributed by atoms with Gasteiger partial charge in [0.1, 0.15) is 5.41 Å². The zero-order valence-corrected chi connectivity index (χ0v) is 23.9. The number of hydrogen-bond acceptors (Lipinski definition) is 4. The van der Waals surface area contributed by atoms with E-state index in [1.54, 1.807) is 30.0 Å². The molecule has 0 aromatic heterocycles. The van der Waals surface area contributed by atoms with Gasteiger partial charge in [-0.1, -0.05) is 77.8 Å². The van der Waals surface area contributed by atoms with E-state index in [0.29, 0.717) is 34.3 Å². The van der Waals surface area contributed by atoms with Gasteiger partial charge in [-0.25, -0.2) is 0 Å². The topological polar surface area (TPSA) is 75.7 Å². The van der Waals surface area contributed by atoms with Crippen molar-refractivity contribution in [2.45, 2.75) is 52.1 Å². The summed E-state index contributed by atoms with van der Waals surface area (Å²) < 4.78 is 5.55. The van der Waals surface area contributed by atoms with Gasteiger partial charge in [0.15, 0.2) is 0 Å². The molecule has 0 unspecified atom stereocenters. The molecule has 1 aliphatic carbocycles. The molecule has 2 aliphatic rings. The Morgan fingerprint density at radius 1 is 1.07 bits per heavy atom. The molecule has 3 aromatic carbocycles. The Balaban J connectivity index is 1.41. The second kappa shape index (κ2) is 12.0. The number of hydrogen-bond donors (Lipinski definition) is 1. The molecule has 2 atom stereocenters. The van der Waals surface area contributed by atoms with Crippen molar-refractivity contribution in [2.24, 2.45) is 11.3 Å². The van der Waals surface area contributed by atoms with Crippen LogP contribution in [0.15, 0.2) is 72.4 Å². The van der Waals surface area contributed by atoms with E-state index >= 15 is 0 Å². The van der Waals surface area contributed by atoms with Gasteiger partial charge in [0.05, 0.1) is 13.2 Å². The van der Waals surface area contributed by atoms with Crippen LogP contribution < -0.4 is 5.32 Å². The van der Waals surface area contributed by atoms with Crippen LogP contribution in [0.25, 0.3) is 10.8 Å². The van der Waals surface area contributed by atoms with Crippen molar-refractivity contribution in [3.05, 3.63) is 93.6 Å². The van der Waals surface area contributed by atoms with Crippen LogP contribution in [0.3, 0.4) is 0 Å². The Bertz CT molecular complexity index is 1480. The van der Waals surface area contributed by atoms with Gasteiger partial charge in [0, 0.05) is 34.6 Å². The first-order chi connectivity index (χ1) is 19.3. The Morgan fingerprint density at radius 2 is 1.88 bits per heavy atom. The van der Waals surface area contributed by atoms with Gasteiger partial charge in [0.25, 0.3) is 0 Å². The summed E-state index contributed by atoms with van der Waals surface area (Å²) in [7, 11) is 0. The Hall–Kier alpha value is -3.35. The number of benzene rings is 3. The van der Waals surface area contributed by atoms with Crippen molar-refractivity contribution < 1.29 is 19.1 Å². The molecule has 1 heterocycles. The minimum Gasteiger partial charge on any atom is -0.465 e. The summed E-state index contributed by atoms with van der Waals surface area (Å²) in [6, 6.07) is 19.2. The smallest absolute Gasteiger partial charge is 0.318 e. The third-order valence-corrected chi connectivity index (χ3v) is 8.52. The summed E-state index contributed by atoms with van der Waals surface area (Å²) in [4.78, 5) is 42.3. The predicted molar refractivity (Wildman–Crippen MR) is 157 cm³/mol. The first-order valence-corrected chi connectivity index (χ1v) is 14.4. The van der Waals surface area contributed by atoms with Crippen LogP contribution in [0, 0.1) is 11.3 Å². The van der Waals surface area contributed by atoms with E-state index in [-0.39, 0.29) is 43.8 Å². The molecule has 208 valence electrons. The van der Waals surface area contributed by atoms with Gasteiger partial charge in [-0.15, -0.1) is 0 Å². The van der Waals surface area contributed by atoms with E-state index in [2.05, 4.69) is 5.32 Å². The maximum Gasteiger partial charge on any atom is 0.318 e. The van der Waals surface area contributed by atoms with E-state index in [4.69, 9.17) is 27.9 Å². The minimum atomic E-state index is -0.984. The zero-order chi connectivity index (χ0) is 28.3. The quantitative estimate of drug-likeness (QED) is 0.297. The van der Waals surface area contributed by atoms with Crippen LogP contribution in [-0.2, 0) is 32.2 Å².